The van der Waals surface area contributed by atoms with Crippen LogP contribution in [0.1, 0.15) is 0 Å². The quantitative estimate of drug-likeness (QED) is 0.518. The fourth-order valence-corrected chi connectivity index (χ4v) is 0. The van der Waals surface area contributed by atoms with Crippen LogP contribution in [0, 0.1) is 0 Å². The zero-order chi connectivity index (χ0) is 8.08. The molecule has 0 rings (SSSR count). The van der Waals surface area contributed by atoms with Crippen molar-refractivity contribution in [1.29, 1.82) is 0 Å². The summed E-state index contributed by atoms with van der Waals surface area (Å²) in [5.74, 6) is 0. The summed E-state index contributed by atoms with van der Waals surface area (Å²) in [6.45, 7) is 0. The highest BCUT2D eigenvalue weighted by atomic mass is 36.0. The molecule has 0 bridgehead atoms. The van der Waals surface area contributed by atoms with Gasteiger partial charge in [-0.25, -0.2) is 0 Å². The molecule has 0 fully saturated rings. The molecule has 0 spiro atoms. The highest BCUT2D eigenvalue weighted by Gasteiger charge is 1.88. The van der Waals surface area contributed by atoms with Gasteiger partial charge < -0.3 is 0 Å². The maximum atomic E-state index is 9.16. The first-order valence-electron chi connectivity index (χ1n) is 1.14. The molecule has 0 unspecified atom stereocenters. The van der Waals surface area contributed by atoms with Crippen molar-refractivity contribution in [1.82, 2.24) is 0 Å². The molecule has 0 aliphatic rings. The lowest BCUT2D eigenvalue weighted by Gasteiger charge is -1.61. The largest absolute Gasteiger partial charge is 0.425 e. The van der Waals surface area contributed by atoms with E-state index in [-0.39, 0.29) is 0 Å². The second-order valence-electron chi connectivity index (χ2n) is 0.582. The predicted octanol–water partition coefficient (Wildman–Crippen LogP) is -0.295. The number of hydrogen-bond donors (Lipinski definition) is 0. The average molecular weight is 215 g/mol. The molecule has 0 aliphatic carbocycles. The third-order valence-corrected chi connectivity index (χ3v) is 0. The summed E-state index contributed by atoms with van der Waals surface area (Å²) in [6, 6.07) is 0. The first-order valence-corrected chi connectivity index (χ1v) is 5.28. The van der Waals surface area contributed by atoms with Crippen LogP contribution in [0.15, 0.2) is 0 Å². The minimum atomic E-state index is -3.72. The summed E-state index contributed by atoms with van der Waals surface area (Å²) in [5.41, 5.74) is 0. The highest BCUT2D eigenvalue weighted by Crippen LogP contribution is 1.98. The Morgan fingerprint density at radius 3 is 1.00 bits per heavy atom. The third kappa shape index (κ3) is 13700. The summed E-state index contributed by atoms with van der Waals surface area (Å²) in [4.78, 5) is 0. The normalized spacial score (nSPS) is 9.11. The first kappa shape index (κ1) is 11.9. The van der Waals surface area contributed by atoms with Crippen molar-refractivity contribution in [3.8, 4) is 0 Å². The maximum absolute atomic E-state index is 9.16. The van der Waals surface area contributed by atoms with Crippen molar-refractivity contribution in [2.75, 3.05) is 0 Å². The summed E-state index contributed by atoms with van der Waals surface area (Å²) < 4.78 is 43.7. The predicted molar refractivity (Wildman–Crippen MR) is 30.3 cm³/mol. The Morgan fingerprint density at radius 2 is 1.00 bits per heavy atom. The standard InChI is InChI=1S/Cl2O2S.O3S/c1-5(2,3)4;1-4(2)3. The van der Waals surface area contributed by atoms with Gasteiger partial charge in [-0.2, -0.15) is 8.42 Å². The summed E-state index contributed by atoms with van der Waals surface area (Å²) in [6.07, 6.45) is 0. The number of rotatable bonds is 0. The fraction of sp³-hybridized carbons (Fsp3) is 0. The van der Waals surface area contributed by atoms with E-state index in [2.05, 4.69) is 21.4 Å². The molecule has 56 valence electrons. The van der Waals surface area contributed by atoms with Gasteiger partial charge in [0.15, 0.2) is 0 Å². The van der Waals surface area contributed by atoms with Gasteiger partial charge in [-0.15, -0.1) is 12.6 Å². The van der Waals surface area contributed by atoms with Crippen molar-refractivity contribution in [2.45, 2.75) is 0 Å². The minimum absolute atomic E-state index is 3.11. The molecule has 0 N–H and O–H groups in total. The van der Waals surface area contributed by atoms with Crippen molar-refractivity contribution in [3.05, 3.63) is 0 Å². The Hall–Kier alpha value is 0.150. The van der Waals surface area contributed by atoms with Gasteiger partial charge in [0.2, 0.25) is 0 Å². The van der Waals surface area contributed by atoms with E-state index in [0.717, 1.165) is 0 Å². The van der Waals surface area contributed by atoms with Crippen molar-refractivity contribution in [2.24, 2.45) is 0 Å². The van der Waals surface area contributed by atoms with E-state index in [4.69, 9.17) is 21.0 Å². The van der Waals surface area contributed by atoms with Crippen molar-refractivity contribution < 1.29 is 21.0 Å². The van der Waals surface area contributed by atoms with Gasteiger partial charge in [-0.3, -0.25) is 0 Å². The van der Waals surface area contributed by atoms with Crippen LogP contribution in [0.25, 0.3) is 0 Å². The minimum Gasteiger partial charge on any atom is -0.195 e. The van der Waals surface area contributed by atoms with Crippen LogP contribution in [0.4, 0.5) is 0 Å². The molecule has 0 aromatic heterocycles. The lowest BCUT2D eigenvalue weighted by Crippen LogP contribution is -1.63. The topological polar surface area (TPSA) is 85.3 Å². The smallest absolute Gasteiger partial charge is 0.195 e. The number of hydrogen-bond acceptors (Lipinski definition) is 5. The van der Waals surface area contributed by atoms with Gasteiger partial charge in [0.25, 0.3) is 0 Å². The van der Waals surface area contributed by atoms with E-state index in [1.54, 1.807) is 0 Å². The molecular formula is Cl2O5S2. The molecule has 0 radical (unpaired) electrons. The van der Waals surface area contributed by atoms with E-state index < -0.39 is 18.9 Å². The van der Waals surface area contributed by atoms with Crippen LogP contribution in [0.5, 0.6) is 0 Å². The molecule has 0 aliphatic heterocycles. The van der Waals surface area contributed by atoms with E-state index in [9.17, 15) is 0 Å². The Morgan fingerprint density at radius 1 is 1.00 bits per heavy atom. The van der Waals surface area contributed by atoms with Crippen LogP contribution in [-0.4, -0.2) is 21.0 Å². The van der Waals surface area contributed by atoms with E-state index in [1.165, 1.54) is 0 Å². The molecule has 0 atom stereocenters. The molecule has 0 amide bonds. The average Bonchev–Trinajstić information content (AvgIpc) is 1.19. The van der Waals surface area contributed by atoms with Crippen LogP contribution in [-0.2, 0) is 18.9 Å². The van der Waals surface area contributed by atoms with Crippen molar-refractivity contribution >= 4 is 40.2 Å². The van der Waals surface area contributed by atoms with Crippen LogP contribution < -0.4 is 0 Å². The Balaban J connectivity index is 0. The molecule has 5 nitrogen and oxygen atoms in total. The molecule has 9 heteroatoms. The third-order valence-electron chi connectivity index (χ3n) is 0. The van der Waals surface area contributed by atoms with Crippen LogP contribution in [0.3, 0.4) is 0 Å². The second-order valence-corrected chi connectivity index (χ2v) is 4.66. The van der Waals surface area contributed by atoms with Crippen molar-refractivity contribution in [3.63, 3.8) is 0 Å². The van der Waals surface area contributed by atoms with Gasteiger partial charge in [0, 0.05) is 21.4 Å². The van der Waals surface area contributed by atoms with Gasteiger partial charge in [0.1, 0.15) is 0 Å². The second kappa shape index (κ2) is 4.98. The SMILES string of the molecule is O=S(=O)(Cl)Cl.O=S(=O)=O. The van der Waals surface area contributed by atoms with Gasteiger partial charge in [0.05, 0.1) is 0 Å². The molecule has 0 aromatic rings. The number of halogens is 2. The van der Waals surface area contributed by atoms with Crippen LogP contribution in [0.2, 0.25) is 0 Å². The molecule has 0 saturated heterocycles. The molecule has 9 heavy (non-hydrogen) atoms. The van der Waals surface area contributed by atoms with Crippen LogP contribution >= 0.6 is 21.4 Å². The lowest BCUT2D eigenvalue weighted by atomic mass is 15.9. The first-order chi connectivity index (χ1) is 3.73. The van der Waals surface area contributed by atoms with E-state index in [1.807, 2.05) is 0 Å². The zero-order valence-electron chi connectivity index (χ0n) is 3.61. The summed E-state index contributed by atoms with van der Waals surface area (Å²) in [5, 5.41) is 0. The summed E-state index contributed by atoms with van der Waals surface area (Å²) in [7, 11) is 1.70. The zero-order valence-corrected chi connectivity index (χ0v) is 6.76. The fourth-order valence-electron chi connectivity index (χ4n) is 0. The van der Waals surface area contributed by atoms with Gasteiger partial charge >= 0.3 is 18.9 Å². The van der Waals surface area contributed by atoms with E-state index >= 15 is 0 Å². The summed E-state index contributed by atoms with van der Waals surface area (Å²) >= 11 is 0. The van der Waals surface area contributed by atoms with E-state index in [0.29, 0.717) is 0 Å². The molecule has 0 heterocycles. The Kier molecular flexibility index (Phi) is 6.57. The maximum Gasteiger partial charge on any atom is 0.425 e. The molecule has 0 saturated carbocycles. The van der Waals surface area contributed by atoms with Gasteiger partial charge in [-0.05, 0) is 0 Å². The monoisotopic (exact) mass is 214 g/mol. The Bertz CT molecular complexity index is 226. The highest BCUT2D eigenvalue weighted by molar-refractivity contribution is 8.31. The Labute approximate surface area is 61.6 Å². The molecular weight excluding hydrogens is 215 g/mol. The lowest BCUT2D eigenvalue weighted by molar-refractivity contribution is 0.559. The van der Waals surface area contributed by atoms with Gasteiger partial charge in [-0.1, -0.05) is 0 Å². The molecule has 0 aromatic carbocycles.